The second-order valence-electron chi connectivity index (χ2n) is 2.60. The zero-order valence-corrected chi connectivity index (χ0v) is 8.79. The van der Waals surface area contributed by atoms with Crippen molar-refractivity contribution in [2.24, 2.45) is 5.73 Å². The van der Waals surface area contributed by atoms with Crippen LogP contribution in [0.3, 0.4) is 0 Å². The molecule has 0 radical (unpaired) electrons. The molecule has 1 heterocycles. The van der Waals surface area contributed by atoms with E-state index < -0.39 is 0 Å². The van der Waals surface area contributed by atoms with Crippen LogP contribution in [0.4, 0.5) is 0 Å². The van der Waals surface area contributed by atoms with Crippen molar-refractivity contribution >= 4 is 22.6 Å². The minimum atomic E-state index is 0.0829. The zero-order chi connectivity index (χ0) is 8.43. The molecule has 1 rings (SSSR count). The molecule has 0 aromatic carbocycles. The van der Waals surface area contributed by atoms with E-state index in [2.05, 4.69) is 27.6 Å². The Morgan fingerprint density at radius 3 is 2.64 bits per heavy atom. The summed E-state index contributed by atoms with van der Waals surface area (Å²) in [6.07, 6.45) is 0. The first-order valence-electron chi connectivity index (χ1n) is 3.50. The fraction of sp³-hybridized carbons (Fsp3) is 0.375. The maximum Gasteiger partial charge on any atom is 0.101 e. The molecular formula is C8H11IN2. The quantitative estimate of drug-likeness (QED) is 0.621. The molecule has 0 saturated carbocycles. The van der Waals surface area contributed by atoms with Crippen LogP contribution in [0, 0.1) is 10.6 Å². The first kappa shape index (κ1) is 8.93. The van der Waals surface area contributed by atoms with Crippen LogP contribution in [0.1, 0.15) is 24.2 Å². The summed E-state index contributed by atoms with van der Waals surface area (Å²) in [6, 6.07) is 4.10. The third-order valence-electron chi connectivity index (χ3n) is 1.58. The Hall–Kier alpha value is -0.160. The summed E-state index contributed by atoms with van der Waals surface area (Å²) >= 11 is 2.19. The van der Waals surface area contributed by atoms with Crippen molar-refractivity contribution in [3.63, 3.8) is 0 Å². The summed E-state index contributed by atoms with van der Waals surface area (Å²) in [5.74, 6) is 0. The second-order valence-corrected chi connectivity index (χ2v) is 3.70. The van der Waals surface area contributed by atoms with Gasteiger partial charge in [0.25, 0.3) is 0 Å². The van der Waals surface area contributed by atoms with Crippen molar-refractivity contribution in [1.82, 2.24) is 4.98 Å². The van der Waals surface area contributed by atoms with Crippen molar-refractivity contribution in [1.29, 1.82) is 0 Å². The van der Waals surface area contributed by atoms with E-state index in [1.165, 1.54) is 0 Å². The Morgan fingerprint density at radius 1 is 1.55 bits per heavy atom. The van der Waals surface area contributed by atoms with Crippen LogP contribution in [0.25, 0.3) is 0 Å². The highest BCUT2D eigenvalue weighted by molar-refractivity contribution is 14.1. The lowest BCUT2D eigenvalue weighted by Gasteiger charge is -2.07. The number of hydrogen-bond donors (Lipinski definition) is 1. The first-order chi connectivity index (χ1) is 5.11. The number of halogens is 1. The molecule has 0 unspecified atom stereocenters. The van der Waals surface area contributed by atoms with Gasteiger partial charge in [0.05, 0.1) is 0 Å². The van der Waals surface area contributed by atoms with E-state index in [1.54, 1.807) is 0 Å². The summed E-state index contributed by atoms with van der Waals surface area (Å²) in [7, 11) is 0. The average molecular weight is 262 g/mol. The molecule has 0 spiro atoms. The molecule has 2 N–H and O–H groups in total. The standard InChI is InChI=1S/C8H11IN2/c1-5(10)7-3-4-8(9)11-6(7)2/h3-5H,10H2,1-2H3/t5-/m0/s1. The molecule has 0 fully saturated rings. The average Bonchev–Trinajstić information content (AvgIpc) is 1.85. The van der Waals surface area contributed by atoms with E-state index in [9.17, 15) is 0 Å². The fourth-order valence-corrected chi connectivity index (χ4v) is 1.56. The van der Waals surface area contributed by atoms with Gasteiger partial charge in [0.2, 0.25) is 0 Å². The molecule has 3 heteroatoms. The summed E-state index contributed by atoms with van der Waals surface area (Å²) in [5, 5.41) is 0. The van der Waals surface area contributed by atoms with Gasteiger partial charge >= 0.3 is 0 Å². The number of hydrogen-bond acceptors (Lipinski definition) is 2. The molecule has 0 aliphatic heterocycles. The van der Waals surface area contributed by atoms with Gasteiger partial charge in [0.1, 0.15) is 3.70 Å². The molecule has 0 bridgehead atoms. The second kappa shape index (κ2) is 3.49. The Balaban J connectivity index is 3.09. The van der Waals surface area contributed by atoms with Crippen LogP contribution in [0.5, 0.6) is 0 Å². The van der Waals surface area contributed by atoms with Crippen molar-refractivity contribution < 1.29 is 0 Å². The third-order valence-corrected chi connectivity index (χ3v) is 2.18. The Morgan fingerprint density at radius 2 is 2.18 bits per heavy atom. The summed E-state index contributed by atoms with van der Waals surface area (Å²) in [4.78, 5) is 4.30. The highest BCUT2D eigenvalue weighted by atomic mass is 127. The van der Waals surface area contributed by atoms with Crippen molar-refractivity contribution in [2.45, 2.75) is 19.9 Å². The van der Waals surface area contributed by atoms with Crippen molar-refractivity contribution in [3.05, 3.63) is 27.1 Å². The lowest BCUT2D eigenvalue weighted by Crippen LogP contribution is -2.08. The summed E-state index contributed by atoms with van der Waals surface area (Å²) in [5.41, 5.74) is 7.89. The van der Waals surface area contributed by atoms with Crippen LogP contribution >= 0.6 is 22.6 Å². The van der Waals surface area contributed by atoms with Gasteiger partial charge in [-0.05, 0) is 48.1 Å². The highest BCUT2D eigenvalue weighted by Crippen LogP contribution is 2.14. The van der Waals surface area contributed by atoms with Gasteiger partial charge in [-0.15, -0.1) is 0 Å². The van der Waals surface area contributed by atoms with Gasteiger partial charge in [0.15, 0.2) is 0 Å². The van der Waals surface area contributed by atoms with E-state index >= 15 is 0 Å². The van der Waals surface area contributed by atoms with E-state index in [0.717, 1.165) is 15.0 Å². The monoisotopic (exact) mass is 262 g/mol. The highest BCUT2D eigenvalue weighted by Gasteiger charge is 2.03. The predicted molar refractivity (Wildman–Crippen MR) is 54.3 cm³/mol. The Labute approximate surface area is 80.3 Å². The first-order valence-corrected chi connectivity index (χ1v) is 4.57. The normalized spacial score (nSPS) is 13.1. The van der Waals surface area contributed by atoms with E-state index in [0.29, 0.717) is 0 Å². The third kappa shape index (κ3) is 2.13. The molecule has 0 aliphatic rings. The molecule has 0 amide bonds. The molecule has 11 heavy (non-hydrogen) atoms. The molecule has 1 aromatic heterocycles. The summed E-state index contributed by atoms with van der Waals surface area (Å²) in [6.45, 7) is 3.96. The fourth-order valence-electron chi connectivity index (χ4n) is 1.02. The van der Waals surface area contributed by atoms with Gasteiger partial charge in [-0.3, -0.25) is 0 Å². The smallest absolute Gasteiger partial charge is 0.101 e. The van der Waals surface area contributed by atoms with Crippen LogP contribution < -0.4 is 5.73 Å². The van der Waals surface area contributed by atoms with Gasteiger partial charge < -0.3 is 5.73 Å². The van der Waals surface area contributed by atoms with Crippen molar-refractivity contribution in [2.75, 3.05) is 0 Å². The lowest BCUT2D eigenvalue weighted by molar-refractivity contribution is 0.798. The number of nitrogens with zero attached hydrogens (tertiary/aromatic N) is 1. The number of aryl methyl sites for hydroxylation is 1. The van der Waals surface area contributed by atoms with E-state index in [4.69, 9.17) is 5.73 Å². The molecule has 2 nitrogen and oxygen atoms in total. The largest absolute Gasteiger partial charge is 0.324 e. The van der Waals surface area contributed by atoms with E-state index in [1.807, 2.05) is 26.0 Å². The number of aromatic nitrogens is 1. The molecular weight excluding hydrogens is 251 g/mol. The van der Waals surface area contributed by atoms with Crippen LogP contribution in [0.2, 0.25) is 0 Å². The predicted octanol–water partition coefficient (Wildman–Crippen LogP) is 2.01. The Kier molecular flexibility index (Phi) is 2.84. The van der Waals surface area contributed by atoms with Gasteiger partial charge in [-0.2, -0.15) is 0 Å². The lowest BCUT2D eigenvalue weighted by atomic mass is 10.1. The zero-order valence-electron chi connectivity index (χ0n) is 6.63. The van der Waals surface area contributed by atoms with Gasteiger partial charge in [0, 0.05) is 11.7 Å². The minimum absolute atomic E-state index is 0.0829. The van der Waals surface area contributed by atoms with Crippen LogP contribution in [-0.2, 0) is 0 Å². The molecule has 0 aliphatic carbocycles. The molecule has 60 valence electrons. The minimum Gasteiger partial charge on any atom is -0.324 e. The van der Waals surface area contributed by atoms with E-state index in [-0.39, 0.29) is 6.04 Å². The number of nitrogens with two attached hydrogens (primary N) is 1. The number of pyridine rings is 1. The maximum absolute atomic E-state index is 5.72. The number of rotatable bonds is 1. The topological polar surface area (TPSA) is 38.9 Å². The van der Waals surface area contributed by atoms with Gasteiger partial charge in [-0.25, -0.2) is 4.98 Å². The molecule has 0 saturated heterocycles. The van der Waals surface area contributed by atoms with Gasteiger partial charge in [-0.1, -0.05) is 6.07 Å². The van der Waals surface area contributed by atoms with Crippen LogP contribution in [-0.4, -0.2) is 4.98 Å². The summed E-state index contributed by atoms with van der Waals surface area (Å²) < 4.78 is 1.02. The SMILES string of the molecule is Cc1nc(I)ccc1[C@H](C)N. The molecule has 1 atom stereocenters. The van der Waals surface area contributed by atoms with Crippen LogP contribution in [0.15, 0.2) is 12.1 Å². The molecule has 1 aromatic rings. The maximum atomic E-state index is 5.72. The Bertz CT molecular complexity index is 258. The van der Waals surface area contributed by atoms with Crippen molar-refractivity contribution in [3.8, 4) is 0 Å².